The van der Waals surface area contributed by atoms with Crippen molar-refractivity contribution in [2.24, 2.45) is 0 Å². The number of nitrogens with one attached hydrogen (secondary N) is 1. The molecule has 1 N–H and O–H groups in total. The molecule has 3 rings (SSSR count). The minimum Gasteiger partial charge on any atom is -0.351 e. The molecule has 1 fully saturated rings. The maximum atomic E-state index is 11.1. The molecule has 2 aromatic rings. The monoisotopic (exact) mass is 330 g/mol. The number of thiazole rings is 1. The number of aromatic nitrogens is 2. The summed E-state index contributed by atoms with van der Waals surface area (Å²) in [6.45, 7) is 6.06. The molecule has 6 heteroatoms. The van der Waals surface area contributed by atoms with Gasteiger partial charge >= 0.3 is 0 Å². The van der Waals surface area contributed by atoms with E-state index in [4.69, 9.17) is 0 Å². The fourth-order valence-electron chi connectivity index (χ4n) is 3.10. The molecule has 1 aliphatic rings. The molecule has 2 aromatic heterocycles. The van der Waals surface area contributed by atoms with Gasteiger partial charge in [-0.2, -0.15) is 0 Å². The molecular weight excluding hydrogens is 308 g/mol. The smallest absolute Gasteiger partial charge is 0.217 e. The molecule has 23 heavy (non-hydrogen) atoms. The number of carbonyl (C=O) groups is 1. The first kappa shape index (κ1) is 16.1. The van der Waals surface area contributed by atoms with Crippen molar-refractivity contribution in [3.63, 3.8) is 0 Å². The summed E-state index contributed by atoms with van der Waals surface area (Å²) in [4.78, 5) is 22.5. The number of amides is 1. The maximum Gasteiger partial charge on any atom is 0.217 e. The second-order valence-corrected chi connectivity index (χ2v) is 7.04. The van der Waals surface area contributed by atoms with E-state index in [1.807, 2.05) is 13.1 Å². The van der Waals surface area contributed by atoms with Crippen molar-refractivity contribution in [2.75, 3.05) is 6.54 Å². The molecule has 1 unspecified atom stereocenters. The fraction of sp³-hybridized carbons (Fsp3) is 0.471. The molecule has 0 spiro atoms. The van der Waals surface area contributed by atoms with E-state index in [0.29, 0.717) is 12.6 Å². The summed E-state index contributed by atoms with van der Waals surface area (Å²) in [5.74, 6) is -0.0291. The van der Waals surface area contributed by atoms with E-state index in [2.05, 4.69) is 37.7 Å². The molecule has 0 radical (unpaired) electrons. The van der Waals surface area contributed by atoms with E-state index in [1.54, 1.807) is 11.3 Å². The third-order valence-electron chi connectivity index (χ3n) is 4.14. The number of carbonyl (C=O) groups excluding carboxylic acids is 1. The molecule has 122 valence electrons. The Hall–Kier alpha value is -1.79. The summed E-state index contributed by atoms with van der Waals surface area (Å²) in [5, 5.41) is 6.08. The lowest BCUT2D eigenvalue weighted by Crippen LogP contribution is -2.24. The third-order valence-corrected chi connectivity index (χ3v) is 4.96. The van der Waals surface area contributed by atoms with Crippen LogP contribution in [0.3, 0.4) is 0 Å². The normalized spacial score (nSPS) is 18.3. The van der Waals surface area contributed by atoms with Crippen molar-refractivity contribution >= 4 is 17.2 Å². The molecule has 0 bridgehead atoms. The second-order valence-electron chi connectivity index (χ2n) is 5.98. The second kappa shape index (κ2) is 7.19. The van der Waals surface area contributed by atoms with Crippen molar-refractivity contribution in [3.05, 3.63) is 45.7 Å². The van der Waals surface area contributed by atoms with Crippen LogP contribution in [0.15, 0.2) is 23.7 Å². The molecule has 0 aromatic carbocycles. The zero-order chi connectivity index (χ0) is 16.2. The standard InChI is InChI=1S/C17H22N4OS/c1-12(22)19-9-15-8-14(5-6-18-15)17-4-3-7-21(17)10-16-11-23-13(2)20-16/h5-6,8,11,17H,3-4,7,9-10H2,1-2H3,(H,19,22). The highest BCUT2D eigenvalue weighted by atomic mass is 32.1. The first-order valence-corrected chi connectivity index (χ1v) is 8.84. The highest BCUT2D eigenvalue weighted by molar-refractivity contribution is 7.09. The summed E-state index contributed by atoms with van der Waals surface area (Å²) in [6, 6.07) is 4.62. The number of likely N-dealkylation sites (tertiary alicyclic amines) is 1. The van der Waals surface area contributed by atoms with Crippen molar-refractivity contribution in [1.29, 1.82) is 0 Å². The molecule has 3 heterocycles. The van der Waals surface area contributed by atoms with Crippen LogP contribution in [0.2, 0.25) is 0 Å². The minimum absolute atomic E-state index is 0.0291. The quantitative estimate of drug-likeness (QED) is 0.916. The summed E-state index contributed by atoms with van der Waals surface area (Å²) < 4.78 is 0. The highest BCUT2D eigenvalue weighted by Crippen LogP contribution is 2.33. The van der Waals surface area contributed by atoms with E-state index in [0.717, 1.165) is 35.9 Å². The number of hydrogen-bond acceptors (Lipinski definition) is 5. The Morgan fingerprint density at radius 3 is 3.09 bits per heavy atom. The van der Waals surface area contributed by atoms with E-state index in [9.17, 15) is 4.79 Å². The molecule has 1 amide bonds. The van der Waals surface area contributed by atoms with Gasteiger partial charge in [0, 0.05) is 31.1 Å². The van der Waals surface area contributed by atoms with Gasteiger partial charge in [0.05, 0.1) is 22.9 Å². The van der Waals surface area contributed by atoms with Crippen LogP contribution in [0.5, 0.6) is 0 Å². The lowest BCUT2D eigenvalue weighted by atomic mass is 10.0. The first-order valence-electron chi connectivity index (χ1n) is 7.96. The zero-order valence-corrected chi connectivity index (χ0v) is 14.4. The maximum absolute atomic E-state index is 11.1. The summed E-state index contributed by atoms with van der Waals surface area (Å²) in [6.07, 6.45) is 4.21. The van der Waals surface area contributed by atoms with Crippen LogP contribution in [0, 0.1) is 6.92 Å². The summed E-state index contributed by atoms with van der Waals surface area (Å²) in [7, 11) is 0. The van der Waals surface area contributed by atoms with E-state index < -0.39 is 0 Å². The minimum atomic E-state index is -0.0291. The van der Waals surface area contributed by atoms with Gasteiger partial charge in [-0.15, -0.1) is 11.3 Å². The average Bonchev–Trinajstić information content (AvgIpc) is 3.15. The van der Waals surface area contributed by atoms with Gasteiger partial charge in [0.1, 0.15) is 0 Å². The molecule has 0 aliphatic carbocycles. The molecule has 0 saturated carbocycles. The van der Waals surface area contributed by atoms with E-state index >= 15 is 0 Å². The van der Waals surface area contributed by atoms with Gasteiger partial charge in [-0.05, 0) is 44.0 Å². The largest absolute Gasteiger partial charge is 0.351 e. The van der Waals surface area contributed by atoms with Crippen LogP contribution in [-0.4, -0.2) is 27.3 Å². The third kappa shape index (κ3) is 4.14. The fourth-order valence-corrected chi connectivity index (χ4v) is 3.70. The Bertz CT molecular complexity index is 685. The van der Waals surface area contributed by atoms with Crippen molar-refractivity contribution in [1.82, 2.24) is 20.2 Å². The number of pyridine rings is 1. The van der Waals surface area contributed by atoms with Gasteiger partial charge in [0.2, 0.25) is 5.91 Å². The molecular formula is C17H22N4OS. The predicted molar refractivity (Wildman–Crippen MR) is 91.0 cm³/mol. The zero-order valence-electron chi connectivity index (χ0n) is 13.6. The summed E-state index contributed by atoms with van der Waals surface area (Å²) in [5.41, 5.74) is 3.35. The Balaban J connectivity index is 1.71. The van der Waals surface area contributed by atoms with Crippen molar-refractivity contribution in [2.45, 2.75) is 45.8 Å². The van der Waals surface area contributed by atoms with Crippen molar-refractivity contribution in [3.8, 4) is 0 Å². The number of nitrogens with zero attached hydrogens (tertiary/aromatic N) is 3. The van der Waals surface area contributed by atoms with Crippen LogP contribution in [0.1, 0.15) is 47.8 Å². The Kier molecular flexibility index (Phi) is 5.03. The first-order chi connectivity index (χ1) is 11.1. The van der Waals surface area contributed by atoms with Gasteiger partial charge in [-0.3, -0.25) is 14.7 Å². The summed E-state index contributed by atoms with van der Waals surface area (Å²) >= 11 is 1.71. The van der Waals surface area contributed by atoms with E-state index in [1.165, 1.54) is 18.9 Å². The SMILES string of the molecule is CC(=O)NCc1cc(C2CCCN2Cc2csc(C)n2)ccn1. The number of hydrogen-bond donors (Lipinski definition) is 1. The van der Waals surface area contributed by atoms with Crippen LogP contribution in [0.25, 0.3) is 0 Å². The van der Waals surface area contributed by atoms with E-state index in [-0.39, 0.29) is 5.91 Å². The van der Waals surface area contributed by atoms with Gasteiger partial charge in [-0.25, -0.2) is 4.98 Å². The Morgan fingerprint density at radius 1 is 1.48 bits per heavy atom. The predicted octanol–water partition coefficient (Wildman–Crippen LogP) is 2.82. The topological polar surface area (TPSA) is 58.1 Å². The molecule has 1 aliphatic heterocycles. The lowest BCUT2D eigenvalue weighted by molar-refractivity contribution is -0.119. The van der Waals surface area contributed by atoms with Crippen LogP contribution in [-0.2, 0) is 17.9 Å². The number of rotatable bonds is 5. The Labute approximate surface area is 140 Å². The van der Waals surface area contributed by atoms with Gasteiger partial charge < -0.3 is 5.32 Å². The van der Waals surface area contributed by atoms with Crippen LogP contribution >= 0.6 is 11.3 Å². The highest BCUT2D eigenvalue weighted by Gasteiger charge is 2.26. The average molecular weight is 330 g/mol. The Morgan fingerprint density at radius 2 is 2.35 bits per heavy atom. The molecule has 1 saturated heterocycles. The van der Waals surface area contributed by atoms with Gasteiger partial charge in [-0.1, -0.05) is 0 Å². The molecule has 1 atom stereocenters. The van der Waals surface area contributed by atoms with Gasteiger partial charge in [0.15, 0.2) is 0 Å². The lowest BCUT2D eigenvalue weighted by Gasteiger charge is -2.24. The number of aryl methyl sites for hydroxylation is 1. The van der Waals surface area contributed by atoms with Crippen LogP contribution < -0.4 is 5.32 Å². The molecule has 5 nitrogen and oxygen atoms in total. The van der Waals surface area contributed by atoms with Crippen LogP contribution in [0.4, 0.5) is 0 Å². The van der Waals surface area contributed by atoms with Crippen molar-refractivity contribution < 1.29 is 4.79 Å². The van der Waals surface area contributed by atoms with Gasteiger partial charge in [0.25, 0.3) is 0 Å².